The Balaban J connectivity index is 1.41. The third-order valence-corrected chi connectivity index (χ3v) is 15.3. The van der Waals surface area contributed by atoms with Gasteiger partial charge in [-0.05, 0) is 130 Å². The van der Waals surface area contributed by atoms with Gasteiger partial charge in [0.05, 0.1) is 18.9 Å². The van der Waals surface area contributed by atoms with Gasteiger partial charge < -0.3 is 19.9 Å². The summed E-state index contributed by atoms with van der Waals surface area (Å²) in [5.41, 5.74) is -0.926. The molecule has 7 heteroatoms. The first-order valence-electron chi connectivity index (χ1n) is 17.6. The maximum Gasteiger partial charge on any atom is 0.407 e. The number of amides is 1. The van der Waals surface area contributed by atoms with Crippen molar-refractivity contribution in [3.8, 4) is 0 Å². The predicted octanol–water partition coefficient (Wildman–Crippen LogP) is 8.25. The molecule has 0 bridgehead atoms. The van der Waals surface area contributed by atoms with Crippen LogP contribution in [0.2, 0.25) is 0 Å². The lowest BCUT2D eigenvalue weighted by Gasteiger charge is -2.73. The van der Waals surface area contributed by atoms with Crippen molar-refractivity contribution in [2.75, 3.05) is 7.11 Å². The molecule has 0 radical (unpaired) electrons. The van der Waals surface area contributed by atoms with Crippen molar-refractivity contribution in [3.05, 3.63) is 0 Å². The van der Waals surface area contributed by atoms with E-state index in [1.54, 1.807) is 13.8 Å². The average Bonchev–Trinajstić information content (AvgIpc) is 3.30. The normalized spacial score (nSPS) is 44.4. The fourth-order valence-corrected chi connectivity index (χ4v) is 12.7. The molecule has 5 aliphatic rings. The zero-order valence-corrected chi connectivity index (χ0v) is 29.3. The van der Waals surface area contributed by atoms with Crippen LogP contribution in [-0.2, 0) is 19.1 Å². The largest absolute Gasteiger partial charge is 0.481 e. The molecule has 1 amide bonds. The number of rotatable bonds is 6. The SMILES string of the molecule is COC(=O)N[C@]12CC[C@@H](C(C)C)[C@@H]1[C@H]1CCC3[C@@]4(C)CC[C@H](OC(=O)CC(C)(C)C(=O)O)C(C)(C)C4CC[C@@]3(C)[C@]1(C)CC2. The molecule has 5 saturated carbocycles. The molecule has 0 aromatic heterocycles. The molecule has 10 atom stereocenters. The third kappa shape index (κ3) is 4.82. The highest BCUT2D eigenvalue weighted by atomic mass is 16.5. The quantitative estimate of drug-likeness (QED) is 0.292. The van der Waals surface area contributed by atoms with E-state index in [1.165, 1.54) is 32.8 Å². The number of ether oxygens (including phenoxy) is 2. The first-order chi connectivity index (χ1) is 20.3. The molecular weight excluding hydrogens is 554 g/mol. The summed E-state index contributed by atoms with van der Waals surface area (Å²) >= 11 is 0. The monoisotopic (exact) mass is 615 g/mol. The minimum Gasteiger partial charge on any atom is -0.481 e. The Bertz CT molecular complexity index is 1160. The van der Waals surface area contributed by atoms with Crippen LogP contribution in [0.4, 0.5) is 4.79 Å². The van der Waals surface area contributed by atoms with Crippen LogP contribution in [-0.4, -0.2) is 41.9 Å². The summed E-state index contributed by atoms with van der Waals surface area (Å²) < 4.78 is 11.3. The Morgan fingerprint density at radius 1 is 0.864 bits per heavy atom. The van der Waals surface area contributed by atoms with E-state index in [1.807, 2.05) is 0 Å². The maximum absolute atomic E-state index is 13.0. The number of esters is 1. The predicted molar refractivity (Wildman–Crippen MR) is 171 cm³/mol. The molecule has 0 aliphatic heterocycles. The van der Waals surface area contributed by atoms with Crippen LogP contribution in [0.25, 0.3) is 0 Å². The molecule has 2 N–H and O–H groups in total. The van der Waals surface area contributed by atoms with Crippen molar-refractivity contribution < 1.29 is 29.0 Å². The van der Waals surface area contributed by atoms with Crippen LogP contribution in [0, 0.1) is 62.6 Å². The summed E-state index contributed by atoms with van der Waals surface area (Å²) in [6.45, 7) is 20.3. The molecular formula is C37H61NO6. The van der Waals surface area contributed by atoms with Crippen molar-refractivity contribution >= 4 is 18.0 Å². The molecule has 7 nitrogen and oxygen atoms in total. The topological polar surface area (TPSA) is 102 Å². The van der Waals surface area contributed by atoms with Gasteiger partial charge in [0.2, 0.25) is 0 Å². The zero-order valence-electron chi connectivity index (χ0n) is 29.3. The average molecular weight is 616 g/mol. The van der Waals surface area contributed by atoms with Crippen molar-refractivity contribution in [3.63, 3.8) is 0 Å². The number of carboxylic acids is 1. The number of nitrogens with one attached hydrogen (secondary N) is 1. The summed E-state index contributed by atoms with van der Waals surface area (Å²) in [4.78, 5) is 37.3. The molecule has 0 spiro atoms. The van der Waals surface area contributed by atoms with Crippen LogP contribution in [0.1, 0.15) is 133 Å². The second-order valence-electron chi connectivity index (χ2n) is 18.1. The van der Waals surface area contributed by atoms with Gasteiger partial charge in [-0.2, -0.15) is 0 Å². The van der Waals surface area contributed by atoms with Gasteiger partial charge in [0, 0.05) is 11.0 Å². The minimum absolute atomic E-state index is 0.109. The first-order valence-corrected chi connectivity index (χ1v) is 17.6. The van der Waals surface area contributed by atoms with Crippen LogP contribution in [0.5, 0.6) is 0 Å². The Kier molecular flexibility index (Phi) is 8.31. The number of carbonyl (C=O) groups excluding carboxylic acids is 2. The molecule has 5 rings (SSSR count). The van der Waals surface area contributed by atoms with E-state index in [9.17, 15) is 19.5 Å². The highest BCUT2D eigenvalue weighted by molar-refractivity contribution is 5.81. The molecule has 0 saturated heterocycles. The minimum atomic E-state index is -1.14. The van der Waals surface area contributed by atoms with E-state index in [2.05, 4.69) is 53.8 Å². The second-order valence-corrected chi connectivity index (χ2v) is 18.1. The van der Waals surface area contributed by atoms with Gasteiger partial charge in [0.1, 0.15) is 6.10 Å². The lowest BCUT2D eigenvalue weighted by atomic mass is 9.32. The summed E-state index contributed by atoms with van der Waals surface area (Å²) in [5.74, 6) is 1.91. The number of hydrogen-bond donors (Lipinski definition) is 2. The van der Waals surface area contributed by atoms with Crippen molar-refractivity contribution in [2.45, 2.75) is 145 Å². The number of methoxy groups -OCH3 is 1. The molecule has 0 heterocycles. The van der Waals surface area contributed by atoms with Crippen molar-refractivity contribution in [1.29, 1.82) is 0 Å². The summed E-state index contributed by atoms with van der Waals surface area (Å²) in [6, 6.07) is 0. The first kappa shape index (κ1) is 33.6. The molecule has 5 aliphatic carbocycles. The molecule has 44 heavy (non-hydrogen) atoms. The Hall–Kier alpha value is -1.79. The highest BCUT2D eigenvalue weighted by Crippen LogP contribution is 2.76. The Morgan fingerprint density at radius 2 is 1.55 bits per heavy atom. The number of alkyl carbamates (subject to hydrolysis) is 1. The van der Waals surface area contributed by atoms with E-state index in [-0.39, 0.29) is 45.8 Å². The van der Waals surface area contributed by atoms with E-state index in [0.29, 0.717) is 35.5 Å². The van der Waals surface area contributed by atoms with Gasteiger partial charge in [-0.25, -0.2) is 4.79 Å². The van der Waals surface area contributed by atoms with Gasteiger partial charge in [-0.3, -0.25) is 9.59 Å². The fraction of sp³-hybridized carbons (Fsp3) is 0.919. The number of aliphatic carboxylic acids is 1. The summed E-state index contributed by atoms with van der Waals surface area (Å²) in [6.07, 6.45) is 10.4. The summed E-state index contributed by atoms with van der Waals surface area (Å²) in [5, 5.41) is 13.0. The highest BCUT2D eigenvalue weighted by Gasteiger charge is 2.71. The van der Waals surface area contributed by atoms with Gasteiger partial charge >= 0.3 is 18.0 Å². The standard InChI is InChI=1S/C37H61NO6/c1-22(2)23-13-18-37(38-31(42)43-10)20-19-35(8)24(29(23)37)11-12-26-34(7)16-15-27(44-28(39)21-32(3,4)30(40)41)33(5,6)25(34)14-17-36(26,35)9/h22-27,29H,11-21H2,1-10H3,(H,38,42)(H,40,41)/t23-,24+,25?,26?,27-,29+,34-,35+,36+,37-/m0/s1. The van der Waals surface area contributed by atoms with Gasteiger partial charge in [0.15, 0.2) is 0 Å². The molecule has 250 valence electrons. The van der Waals surface area contributed by atoms with Crippen molar-refractivity contribution in [2.24, 2.45) is 62.6 Å². The zero-order chi connectivity index (χ0) is 32.7. The smallest absolute Gasteiger partial charge is 0.407 e. The number of hydrogen-bond acceptors (Lipinski definition) is 5. The van der Waals surface area contributed by atoms with Gasteiger partial charge in [-0.1, -0.05) is 48.5 Å². The second kappa shape index (κ2) is 10.9. The summed E-state index contributed by atoms with van der Waals surface area (Å²) in [7, 11) is 1.49. The van der Waals surface area contributed by atoms with Crippen molar-refractivity contribution in [1.82, 2.24) is 5.32 Å². The molecule has 5 fully saturated rings. The third-order valence-electron chi connectivity index (χ3n) is 15.3. The van der Waals surface area contributed by atoms with E-state index < -0.39 is 17.4 Å². The van der Waals surface area contributed by atoms with Gasteiger partial charge in [0.25, 0.3) is 0 Å². The number of fused-ring (bicyclic) bond motifs is 7. The number of carboxylic acid groups (broad SMARTS) is 1. The van der Waals surface area contributed by atoms with Gasteiger partial charge in [-0.15, -0.1) is 0 Å². The maximum atomic E-state index is 13.0. The lowest BCUT2D eigenvalue weighted by Crippen LogP contribution is -2.69. The molecule has 0 aromatic rings. The van der Waals surface area contributed by atoms with Crippen LogP contribution < -0.4 is 5.32 Å². The lowest BCUT2D eigenvalue weighted by molar-refractivity contribution is -0.247. The fourth-order valence-electron chi connectivity index (χ4n) is 12.7. The molecule has 2 unspecified atom stereocenters. The van der Waals surface area contributed by atoms with E-state index in [0.717, 1.165) is 38.5 Å². The van der Waals surface area contributed by atoms with E-state index in [4.69, 9.17) is 9.47 Å². The van der Waals surface area contributed by atoms with E-state index >= 15 is 0 Å². The van der Waals surface area contributed by atoms with Crippen LogP contribution in [0.3, 0.4) is 0 Å². The number of carbonyl (C=O) groups is 3. The van der Waals surface area contributed by atoms with Crippen LogP contribution in [0.15, 0.2) is 0 Å². The Labute approximate surface area is 266 Å². The Morgan fingerprint density at radius 3 is 2.16 bits per heavy atom. The van der Waals surface area contributed by atoms with Crippen LogP contribution >= 0.6 is 0 Å². The molecule has 0 aromatic carbocycles.